The zero-order chi connectivity index (χ0) is 19.0. The summed E-state index contributed by atoms with van der Waals surface area (Å²) in [4.78, 5) is 31.9. The van der Waals surface area contributed by atoms with Crippen molar-refractivity contribution in [2.24, 2.45) is 0 Å². The highest BCUT2D eigenvalue weighted by molar-refractivity contribution is 7.20. The number of hydrogen-bond donors (Lipinski definition) is 1. The SMILES string of the molecule is CCCc1cc(=O)n2nc(NC(C)C(=O)N3CCc4ccccc43)sc2n1. The number of benzene rings is 1. The summed E-state index contributed by atoms with van der Waals surface area (Å²) < 4.78 is 1.29. The Hall–Kier alpha value is -2.74. The van der Waals surface area contributed by atoms with Gasteiger partial charge in [-0.2, -0.15) is 4.52 Å². The maximum atomic E-state index is 12.9. The molecule has 1 atom stereocenters. The van der Waals surface area contributed by atoms with Gasteiger partial charge in [0.15, 0.2) is 0 Å². The highest BCUT2D eigenvalue weighted by atomic mass is 32.1. The molecule has 1 aromatic carbocycles. The number of para-hydroxylation sites is 1. The highest BCUT2D eigenvalue weighted by Crippen LogP contribution is 2.28. The van der Waals surface area contributed by atoms with Crippen molar-refractivity contribution < 1.29 is 4.79 Å². The third kappa shape index (κ3) is 3.32. The number of aromatic nitrogens is 3. The van der Waals surface area contributed by atoms with Gasteiger partial charge in [0.2, 0.25) is 16.0 Å². The first kappa shape index (κ1) is 17.7. The predicted octanol–water partition coefficient (Wildman–Crippen LogP) is 2.49. The van der Waals surface area contributed by atoms with E-state index in [0.717, 1.165) is 30.6 Å². The molecule has 1 unspecified atom stereocenters. The molecule has 1 amide bonds. The number of amides is 1. The van der Waals surface area contributed by atoms with E-state index in [1.807, 2.05) is 36.9 Å². The van der Waals surface area contributed by atoms with E-state index < -0.39 is 6.04 Å². The van der Waals surface area contributed by atoms with Crippen molar-refractivity contribution in [1.29, 1.82) is 0 Å². The number of carbonyl (C=O) groups is 1. The van der Waals surface area contributed by atoms with Gasteiger partial charge in [0.1, 0.15) is 6.04 Å². The Morgan fingerprint density at radius 1 is 1.37 bits per heavy atom. The van der Waals surface area contributed by atoms with Crippen LogP contribution in [-0.4, -0.2) is 33.1 Å². The largest absolute Gasteiger partial charge is 0.349 e. The van der Waals surface area contributed by atoms with Gasteiger partial charge in [0.05, 0.1) is 0 Å². The topological polar surface area (TPSA) is 79.6 Å². The van der Waals surface area contributed by atoms with Gasteiger partial charge in [-0.25, -0.2) is 4.98 Å². The second kappa shape index (κ2) is 7.11. The van der Waals surface area contributed by atoms with Gasteiger partial charge in [-0.15, -0.1) is 5.10 Å². The summed E-state index contributed by atoms with van der Waals surface area (Å²) in [5.41, 5.74) is 2.75. The van der Waals surface area contributed by atoms with E-state index in [0.29, 0.717) is 16.6 Å². The smallest absolute Gasteiger partial charge is 0.275 e. The lowest BCUT2D eigenvalue weighted by molar-refractivity contribution is -0.118. The Morgan fingerprint density at radius 3 is 3.00 bits per heavy atom. The van der Waals surface area contributed by atoms with Crippen LogP contribution in [0.1, 0.15) is 31.5 Å². The maximum absolute atomic E-state index is 12.9. The van der Waals surface area contributed by atoms with Crippen molar-refractivity contribution in [1.82, 2.24) is 14.6 Å². The number of nitrogens with zero attached hydrogens (tertiary/aromatic N) is 4. The van der Waals surface area contributed by atoms with Gasteiger partial charge >= 0.3 is 0 Å². The number of hydrogen-bond acceptors (Lipinski definition) is 6. The summed E-state index contributed by atoms with van der Waals surface area (Å²) in [5, 5.41) is 7.93. The number of nitrogens with one attached hydrogen (secondary N) is 1. The molecule has 4 rings (SSSR count). The fraction of sp³-hybridized carbons (Fsp3) is 0.368. The molecule has 0 aliphatic carbocycles. The van der Waals surface area contributed by atoms with E-state index in [-0.39, 0.29) is 11.5 Å². The van der Waals surface area contributed by atoms with Crippen LogP contribution in [0, 0.1) is 0 Å². The molecule has 27 heavy (non-hydrogen) atoms. The van der Waals surface area contributed by atoms with Crippen molar-refractivity contribution in [3.8, 4) is 0 Å². The Kier molecular flexibility index (Phi) is 4.65. The normalized spacial score (nSPS) is 14.4. The maximum Gasteiger partial charge on any atom is 0.275 e. The van der Waals surface area contributed by atoms with Crippen molar-refractivity contribution in [2.75, 3.05) is 16.8 Å². The molecule has 0 fully saturated rings. The first-order chi connectivity index (χ1) is 13.1. The number of carbonyl (C=O) groups excluding carboxylic acids is 1. The van der Waals surface area contributed by atoms with Crippen LogP contribution < -0.4 is 15.8 Å². The lowest BCUT2D eigenvalue weighted by Gasteiger charge is -2.22. The molecule has 1 aliphatic rings. The summed E-state index contributed by atoms with van der Waals surface area (Å²) in [5.74, 6) is -0.00816. The number of rotatable bonds is 5. The van der Waals surface area contributed by atoms with Crippen molar-refractivity contribution in [3.63, 3.8) is 0 Å². The summed E-state index contributed by atoms with van der Waals surface area (Å²) in [6.45, 7) is 4.55. The molecule has 2 aromatic heterocycles. The van der Waals surface area contributed by atoms with Crippen molar-refractivity contribution in [3.05, 3.63) is 51.9 Å². The molecule has 3 aromatic rings. The highest BCUT2D eigenvalue weighted by Gasteiger charge is 2.28. The van der Waals surface area contributed by atoms with Crippen molar-refractivity contribution in [2.45, 2.75) is 39.2 Å². The van der Waals surface area contributed by atoms with E-state index in [9.17, 15) is 9.59 Å². The first-order valence-electron chi connectivity index (χ1n) is 9.12. The van der Waals surface area contributed by atoms with Gasteiger partial charge in [-0.05, 0) is 31.4 Å². The molecule has 1 N–H and O–H groups in total. The van der Waals surface area contributed by atoms with Gasteiger partial charge < -0.3 is 10.2 Å². The average molecular weight is 383 g/mol. The lowest BCUT2D eigenvalue weighted by atomic mass is 10.2. The van der Waals surface area contributed by atoms with Crippen LogP contribution in [-0.2, 0) is 17.6 Å². The Bertz CT molecular complexity index is 1060. The molecular weight excluding hydrogens is 362 g/mol. The van der Waals surface area contributed by atoms with E-state index in [2.05, 4.69) is 21.5 Å². The third-order valence-corrected chi connectivity index (χ3v) is 5.51. The molecule has 3 heterocycles. The minimum Gasteiger partial charge on any atom is -0.349 e. The number of aryl methyl sites for hydroxylation is 1. The van der Waals surface area contributed by atoms with Gasteiger partial charge in [0.25, 0.3) is 5.56 Å². The standard InChI is InChI=1S/C19H21N5O2S/c1-3-6-14-11-16(25)24-19(21-14)27-18(22-24)20-12(2)17(26)23-10-9-13-7-4-5-8-15(13)23/h4-5,7-8,11-12H,3,6,9-10H2,1-2H3,(H,20,22). The monoisotopic (exact) mass is 383 g/mol. The fourth-order valence-electron chi connectivity index (χ4n) is 3.35. The second-order valence-electron chi connectivity index (χ2n) is 6.67. The Morgan fingerprint density at radius 2 is 2.19 bits per heavy atom. The van der Waals surface area contributed by atoms with Crippen LogP contribution in [0.2, 0.25) is 0 Å². The zero-order valence-electron chi connectivity index (χ0n) is 15.3. The zero-order valence-corrected chi connectivity index (χ0v) is 16.1. The number of fused-ring (bicyclic) bond motifs is 2. The van der Waals surface area contributed by atoms with E-state index in [4.69, 9.17) is 0 Å². The molecule has 0 radical (unpaired) electrons. The van der Waals surface area contributed by atoms with E-state index >= 15 is 0 Å². The molecule has 0 saturated carbocycles. The van der Waals surface area contributed by atoms with E-state index in [1.165, 1.54) is 27.5 Å². The lowest BCUT2D eigenvalue weighted by Crippen LogP contribution is -2.40. The minimum atomic E-state index is -0.456. The van der Waals surface area contributed by atoms with Crippen LogP contribution in [0.3, 0.4) is 0 Å². The Labute approximate surface area is 160 Å². The second-order valence-corrected chi connectivity index (χ2v) is 7.63. The summed E-state index contributed by atoms with van der Waals surface area (Å²) in [6.07, 6.45) is 2.56. The summed E-state index contributed by atoms with van der Waals surface area (Å²) >= 11 is 1.28. The Balaban J connectivity index is 1.54. The quantitative estimate of drug-likeness (QED) is 0.732. The van der Waals surface area contributed by atoms with Gasteiger partial charge in [0, 0.05) is 24.0 Å². The molecular formula is C19H21N5O2S. The number of anilines is 2. The van der Waals surface area contributed by atoms with Crippen LogP contribution in [0.4, 0.5) is 10.8 Å². The van der Waals surface area contributed by atoms with Crippen molar-refractivity contribution >= 4 is 33.0 Å². The van der Waals surface area contributed by atoms with Crippen LogP contribution >= 0.6 is 11.3 Å². The first-order valence-corrected chi connectivity index (χ1v) is 9.94. The molecule has 7 nitrogen and oxygen atoms in total. The predicted molar refractivity (Wildman–Crippen MR) is 107 cm³/mol. The molecule has 0 saturated heterocycles. The van der Waals surface area contributed by atoms with Crippen LogP contribution in [0.25, 0.3) is 4.96 Å². The van der Waals surface area contributed by atoms with Crippen LogP contribution in [0.15, 0.2) is 35.1 Å². The molecule has 8 heteroatoms. The minimum absolute atomic E-state index is 0.00816. The van der Waals surface area contributed by atoms with Crippen LogP contribution in [0.5, 0.6) is 0 Å². The molecule has 0 spiro atoms. The van der Waals surface area contributed by atoms with E-state index in [1.54, 1.807) is 0 Å². The molecule has 140 valence electrons. The van der Waals surface area contributed by atoms with Gasteiger partial charge in [-0.1, -0.05) is 42.9 Å². The average Bonchev–Trinajstić information content (AvgIpc) is 3.25. The summed E-state index contributed by atoms with van der Waals surface area (Å²) in [6, 6.07) is 9.04. The molecule has 0 bridgehead atoms. The summed E-state index contributed by atoms with van der Waals surface area (Å²) in [7, 11) is 0. The molecule has 1 aliphatic heterocycles. The van der Waals surface area contributed by atoms with Gasteiger partial charge in [-0.3, -0.25) is 9.59 Å². The third-order valence-electron chi connectivity index (χ3n) is 4.67. The fourth-order valence-corrected chi connectivity index (χ4v) is 4.26.